The number of sulfonamides is 1. The van der Waals surface area contributed by atoms with Crippen molar-refractivity contribution in [3.05, 3.63) is 64.1 Å². The van der Waals surface area contributed by atoms with Gasteiger partial charge in [-0.15, -0.1) is 0 Å². The van der Waals surface area contributed by atoms with Crippen molar-refractivity contribution >= 4 is 21.6 Å². The third kappa shape index (κ3) is 4.43. The van der Waals surface area contributed by atoms with Crippen LogP contribution in [-0.4, -0.2) is 55.1 Å². The van der Waals surface area contributed by atoms with Gasteiger partial charge in [-0.05, 0) is 36.8 Å². The van der Waals surface area contributed by atoms with E-state index in [-0.39, 0.29) is 29.4 Å². The minimum atomic E-state index is -3.74. The van der Waals surface area contributed by atoms with Crippen molar-refractivity contribution in [3.63, 3.8) is 0 Å². The van der Waals surface area contributed by atoms with Crippen molar-refractivity contribution in [1.82, 2.24) is 14.4 Å². The van der Waals surface area contributed by atoms with Crippen LogP contribution in [0, 0.1) is 6.92 Å². The standard InChI is InChI=1S/C20H20N4O6S/c1-13-5-6-15(12-17(13)31(27,28)24-7-9-29-10-8-24)19(25)21-16-4-2-3-14(11-16)18-22-20(26)30-23-18/h2-6,11-12H,7-10H2,1H3,(H,21,25)(H,22,23,26). The molecule has 3 aromatic rings. The minimum absolute atomic E-state index is 0.0935. The summed E-state index contributed by atoms with van der Waals surface area (Å²) in [4.78, 5) is 26.5. The summed E-state index contributed by atoms with van der Waals surface area (Å²) in [6.45, 7) is 2.92. The number of carbonyl (C=O) groups is 1. The fraction of sp³-hybridized carbons (Fsp3) is 0.250. The molecule has 2 aromatic carbocycles. The Morgan fingerprint density at radius 1 is 1.16 bits per heavy atom. The second-order valence-corrected chi connectivity index (χ2v) is 8.88. The van der Waals surface area contributed by atoms with Crippen molar-refractivity contribution < 1.29 is 22.5 Å². The first-order valence-corrected chi connectivity index (χ1v) is 10.9. The molecule has 10 nitrogen and oxygen atoms in total. The van der Waals surface area contributed by atoms with E-state index >= 15 is 0 Å². The highest BCUT2D eigenvalue weighted by Crippen LogP contribution is 2.24. The fourth-order valence-corrected chi connectivity index (χ4v) is 4.91. The van der Waals surface area contributed by atoms with Gasteiger partial charge in [0.05, 0.1) is 18.1 Å². The summed E-state index contributed by atoms with van der Waals surface area (Å²) in [5, 5.41) is 6.36. The number of hydrogen-bond acceptors (Lipinski definition) is 7. The van der Waals surface area contributed by atoms with Gasteiger partial charge in [0.25, 0.3) is 5.91 Å². The normalized spacial score (nSPS) is 15.0. The molecule has 0 saturated carbocycles. The molecule has 11 heteroatoms. The number of nitrogens with one attached hydrogen (secondary N) is 2. The second kappa shape index (κ2) is 8.46. The van der Waals surface area contributed by atoms with Crippen LogP contribution in [-0.2, 0) is 14.8 Å². The number of hydrogen-bond donors (Lipinski definition) is 2. The monoisotopic (exact) mass is 444 g/mol. The molecule has 162 valence electrons. The molecule has 2 N–H and O–H groups in total. The van der Waals surface area contributed by atoms with E-state index in [1.807, 2.05) is 0 Å². The molecule has 0 spiro atoms. The summed E-state index contributed by atoms with van der Waals surface area (Å²) in [6.07, 6.45) is 0. The van der Waals surface area contributed by atoms with Crippen molar-refractivity contribution in [3.8, 4) is 11.4 Å². The third-order valence-corrected chi connectivity index (χ3v) is 6.91. The summed E-state index contributed by atoms with van der Waals surface area (Å²) in [5.74, 6) is -0.919. The molecule has 4 rings (SSSR count). The smallest absolute Gasteiger partial charge is 0.379 e. The number of aromatic nitrogens is 2. The van der Waals surface area contributed by atoms with E-state index in [1.54, 1.807) is 43.3 Å². The number of amides is 1. The van der Waals surface area contributed by atoms with Gasteiger partial charge in [-0.1, -0.05) is 23.4 Å². The van der Waals surface area contributed by atoms with Gasteiger partial charge in [0.1, 0.15) is 0 Å². The molecule has 1 aromatic heterocycles. The van der Waals surface area contributed by atoms with Crippen LogP contribution in [0.25, 0.3) is 11.4 Å². The summed E-state index contributed by atoms with van der Waals surface area (Å²) < 4.78 is 37.2. The average Bonchev–Trinajstić information content (AvgIpc) is 3.21. The zero-order valence-electron chi connectivity index (χ0n) is 16.6. The van der Waals surface area contributed by atoms with Crippen LogP contribution in [0.2, 0.25) is 0 Å². The fourth-order valence-electron chi connectivity index (χ4n) is 3.25. The van der Waals surface area contributed by atoms with Crippen LogP contribution in [0.5, 0.6) is 0 Å². The van der Waals surface area contributed by atoms with Crippen molar-refractivity contribution in [1.29, 1.82) is 0 Å². The van der Waals surface area contributed by atoms with Gasteiger partial charge in [-0.2, -0.15) is 4.31 Å². The molecule has 0 radical (unpaired) electrons. The van der Waals surface area contributed by atoms with Crippen LogP contribution in [0.4, 0.5) is 5.69 Å². The van der Waals surface area contributed by atoms with Crippen LogP contribution < -0.4 is 11.1 Å². The number of nitrogens with zero attached hydrogens (tertiary/aromatic N) is 2. The number of morpholine rings is 1. The number of aromatic amines is 1. The molecule has 2 heterocycles. The van der Waals surface area contributed by atoms with Gasteiger partial charge in [-0.3, -0.25) is 14.3 Å². The molecular formula is C20H20N4O6S. The van der Waals surface area contributed by atoms with Gasteiger partial charge in [0, 0.05) is 29.9 Å². The maximum Gasteiger partial charge on any atom is 0.439 e. The lowest BCUT2D eigenvalue weighted by molar-refractivity contribution is 0.0730. The van der Waals surface area contributed by atoms with Gasteiger partial charge in [0.2, 0.25) is 10.0 Å². The zero-order chi connectivity index (χ0) is 22.0. The van der Waals surface area contributed by atoms with Gasteiger partial charge in [0.15, 0.2) is 5.82 Å². The Morgan fingerprint density at radius 3 is 2.65 bits per heavy atom. The first kappa shape index (κ1) is 21.0. The van der Waals surface area contributed by atoms with E-state index in [0.717, 1.165) is 0 Å². The first-order valence-electron chi connectivity index (χ1n) is 9.51. The number of rotatable bonds is 5. The Bertz CT molecular complexity index is 1270. The molecule has 1 fully saturated rings. The Balaban J connectivity index is 1.58. The summed E-state index contributed by atoms with van der Waals surface area (Å²) >= 11 is 0. The van der Waals surface area contributed by atoms with E-state index in [1.165, 1.54) is 10.4 Å². The Labute approximate surface area is 177 Å². The van der Waals surface area contributed by atoms with Crippen molar-refractivity contribution in [2.75, 3.05) is 31.6 Å². The number of H-pyrrole nitrogens is 1. The molecule has 0 atom stereocenters. The molecule has 1 aliphatic heterocycles. The lowest BCUT2D eigenvalue weighted by atomic mass is 10.1. The molecule has 0 bridgehead atoms. The third-order valence-electron chi connectivity index (χ3n) is 4.87. The Morgan fingerprint density at radius 2 is 1.94 bits per heavy atom. The van der Waals surface area contributed by atoms with Crippen LogP contribution >= 0.6 is 0 Å². The topological polar surface area (TPSA) is 135 Å². The highest BCUT2D eigenvalue weighted by atomic mass is 32.2. The van der Waals surface area contributed by atoms with E-state index in [9.17, 15) is 18.0 Å². The lowest BCUT2D eigenvalue weighted by Crippen LogP contribution is -2.40. The van der Waals surface area contributed by atoms with Crippen LogP contribution in [0.15, 0.2) is 56.7 Å². The second-order valence-electron chi connectivity index (χ2n) is 6.98. The van der Waals surface area contributed by atoms with E-state index in [2.05, 4.69) is 20.0 Å². The number of carbonyl (C=O) groups excluding carboxylic acids is 1. The van der Waals surface area contributed by atoms with Crippen LogP contribution in [0.3, 0.4) is 0 Å². The molecule has 1 amide bonds. The largest absolute Gasteiger partial charge is 0.439 e. The minimum Gasteiger partial charge on any atom is -0.379 e. The van der Waals surface area contributed by atoms with Gasteiger partial charge in [-0.25, -0.2) is 13.2 Å². The summed E-state index contributed by atoms with van der Waals surface area (Å²) in [5.41, 5.74) is 1.75. The van der Waals surface area contributed by atoms with E-state index in [4.69, 9.17) is 4.74 Å². The Kier molecular flexibility index (Phi) is 5.72. The summed E-state index contributed by atoms with van der Waals surface area (Å²) in [7, 11) is -3.74. The number of benzene rings is 2. The molecule has 1 saturated heterocycles. The Hall–Kier alpha value is -3.28. The van der Waals surface area contributed by atoms with Gasteiger partial charge < -0.3 is 10.1 Å². The number of ether oxygens (including phenoxy) is 1. The van der Waals surface area contributed by atoms with Crippen LogP contribution in [0.1, 0.15) is 15.9 Å². The molecular weight excluding hydrogens is 424 g/mol. The molecule has 31 heavy (non-hydrogen) atoms. The SMILES string of the molecule is Cc1ccc(C(=O)Nc2cccc(-c3noc(=O)[nH]3)c2)cc1S(=O)(=O)N1CCOCC1. The van der Waals surface area contributed by atoms with Crippen molar-refractivity contribution in [2.24, 2.45) is 0 Å². The number of anilines is 1. The van der Waals surface area contributed by atoms with E-state index in [0.29, 0.717) is 30.0 Å². The molecule has 0 unspecified atom stereocenters. The van der Waals surface area contributed by atoms with Crippen molar-refractivity contribution in [2.45, 2.75) is 11.8 Å². The lowest BCUT2D eigenvalue weighted by Gasteiger charge is -2.26. The number of aryl methyl sites for hydroxylation is 1. The van der Waals surface area contributed by atoms with Gasteiger partial charge >= 0.3 is 5.76 Å². The zero-order valence-corrected chi connectivity index (χ0v) is 17.4. The summed E-state index contributed by atoms with van der Waals surface area (Å²) in [6, 6.07) is 11.2. The molecule has 1 aliphatic rings. The average molecular weight is 444 g/mol. The quantitative estimate of drug-likeness (QED) is 0.610. The van der Waals surface area contributed by atoms with E-state index < -0.39 is 21.7 Å². The molecule has 0 aliphatic carbocycles. The predicted molar refractivity (Wildman–Crippen MR) is 111 cm³/mol. The maximum absolute atomic E-state index is 13.0. The highest BCUT2D eigenvalue weighted by Gasteiger charge is 2.28. The first-order chi connectivity index (χ1) is 14.8. The predicted octanol–water partition coefficient (Wildman–Crippen LogP) is 1.61. The highest BCUT2D eigenvalue weighted by molar-refractivity contribution is 7.89. The maximum atomic E-state index is 13.0.